The molecule has 0 radical (unpaired) electrons. The van der Waals surface area contributed by atoms with Gasteiger partial charge in [-0.15, -0.1) is 0 Å². The number of hydrogen-bond acceptors (Lipinski definition) is 5. The molecule has 0 spiro atoms. The first-order valence-electron chi connectivity index (χ1n) is 9.33. The van der Waals surface area contributed by atoms with Gasteiger partial charge in [0.1, 0.15) is 0 Å². The van der Waals surface area contributed by atoms with Crippen molar-refractivity contribution in [2.45, 2.75) is 39.7 Å². The lowest BCUT2D eigenvalue weighted by molar-refractivity contribution is -0.116. The summed E-state index contributed by atoms with van der Waals surface area (Å²) in [7, 11) is 0. The van der Waals surface area contributed by atoms with Crippen molar-refractivity contribution in [2.24, 2.45) is 0 Å². The summed E-state index contributed by atoms with van der Waals surface area (Å²) in [5.74, 6) is -1.28. The topological polar surface area (TPSA) is 102 Å². The highest BCUT2D eigenvalue weighted by Gasteiger charge is 2.20. The van der Waals surface area contributed by atoms with Gasteiger partial charge in [0.25, 0.3) is 0 Å². The molecule has 0 aliphatic carbocycles. The van der Waals surface area contributed by atoms with Crippen molar-refractivity contribution >= 4 is 34.9 Å². The van der Waals surface area contributed by atoms with Gasteiger partial charge in [-0.3, -0.25) is 14.4 Å². The lowest BCUT2D eigenvalue weighted by Crippen LogP contribution is -2.24. The Kier molecular flexibility index (Phi) is 7.65. The van der Waals surface area contributed by atoms with Crippen molar-refractivity contribution < 1.29 is 23.9 Å². The molecule has 2 N–H and O–H groups in total. The van der Waals surface area contributed by atoms with Crippen LogP contribution in [0.25, 0.3) is 0 Å². The summed E-state index contributed by atoms with van der Waals surface area (Å²) >= 11 is 0. The normalized spacial score (nSPS) is 11.3. The SMILES string of the molecule is CCCC(=O)Nc1ccc(C(=O)[C@H](C)OC(=O)c2ccc(NC(C)=O)cc2)cc1. The van der Waals surface area contributed by atoms with Gasteiger partial charge in [0.15, 0.2) is 6.10 Å². The van der Waals surface area contributed by atoms with Crippen molar-refractivity contribution in [1.82, 2.24) is 0 Å². The average molecular weight is 396 g/mol. The second kappa shape index (κ2) is 10.2. The third-order valence-corrected chi connectivity index (χ3v) is 4.02. The molecule has 0 fully saturated rings. The van der Waals surface area contributed by atoms with E-state index in [0.717, 1.165) is 6.42 Å². The van der Waals surface area contributed by atoms with Crippen molar-refractivity contribution in [2.75, 3.05) is 10.6 Å². The zero-order valence-electron chi connectivity index (χ0n) is 16.7. The van der Waals surface area contributed by atoms with Crippen LogP contribution in [-0.2, 0) is 14.3 Å². The number of ether oxygens (including phenoxy) is 1. The molecule has 0 unspecified atom stereocenters. The van der Waals surface area contributed by atoms with Gasteiger partial charge in [-0.1, -0.05) is 6.92 Å². The zero-order valence-corrected chi connectivity index (χ0v) is 16.7. The van der Waals surface area contributed by atoms with Gasteiger partial charge in [-0.25, -0.2) is 4.79 Å². The molecular formula is C22H24N2O5. The van der Waals surface area contributed by atoms with Crippen LogP contribution >= 0.6 is 0 Å². The minimum absolute atomic E-state index is 0.0848. The molecule has 0 aliphatic heterocycles. The molecule has 0 bridgehead atoms. The summed E-state index contributed by atoms with van der Waals surface area (Å²) < 4.78 is 5.25. The molecule has 1 atom stereocenters. The van der Waals surface area contributed by atoms with Crippen molar-refractivity contribution in [1.29, 1.82) is 0 Å². The van der Waals surface area contributed by atoms with E-state index in [1.807, 2.05) is 6.92 Å². The van der Waals surface area contributed by atoms with Crippen LogP contribution in [0.2, 0.25) is 0 Å². The summed E-state index contributed by atoms with van der Waals surface area (Å²) in [6.45, 7) is 4.81. The lowest BCUT2D eigenvalue weighted by atomic mass is 10.1. The summed E-state index contributed by atoms with van der Waals surface area (Å²) in [6, 6.07) is 12.6. The Morgan fingerprint density at radius 1 is 0.862 bits per heavy atom. The molecule has 7 heteroatoms. The first-order chi connectivity index (χ1) is 13.8. The molecule has 0 aliphatic rings. The number of rotatable bonds is 8. The summed E-state index contributed by atoms with van der Waals surface area (Å²) in [5.41, 5.74) is 1.81. The molecule has 0 aromatic heterocycles. The number of benzene rings is 2. The second-order valence-corrected chi connectivity index (χ2v) is 6.55. The molecule has 29 heavy (non-hydrogen) atoms. The number of hydrogen-bond donors (Lipinski definition) is 2. The quantitative estimate of drug-likeness (QED) is 0.522. The van der Waals surface area contributed by atoms with E-state index in [4.69, 9.17) is 4.74 Å². The van der Waals surface area contributed by atoms with Crippen LogP contribution in [0.5, 0.6) is 0 Å². The van der Waals surface area contributed by atoms with Crippen LogP contribution < -0.4 is 10.6 Å². The molecule has 152 valence electrons. The number of esters is 1. The van der Waals surface area contributed by atoms with Crippen LogP contribution in [0, 0.1) is 0 Å². The number of carbonyl (C=O) groups excluding carboxylic acids is 4. The van der Waals surface area contributed by atoms with Gasteiger partial charge in [0.2, 0.25) is 17.6 Å². The third-order valence-electron chi connectivity index (χ3n) is 4.02. The molecule has 0 heterocycles. The highest BCUT2D eigenvalue weighted by molar-refractivity contribution is 6.02. The van der Waals surface area contributed by atoms with Crippen molar-refractivity contribution in [3.63, 3.8) is 0 Å². The Morgan fingerprint density at radius 3 is 1.90 bits per heavy atom. The summed E-state index contributed by atoms with van der Waals surface area (Å²) in [6.07, 6.45) is 0.207. The maximum Gasteiger partial charge on any atom is 0.338 e. The molecule has 2 amide bonds. The first kappa shape index (κ1) is 21.8. The zero-order chi connectivity index (χ0) is 21.4. The van der Waals surface area contributed by atoms with Gasteiger partial charge in [0.05, 0.1) is 5.56 Å². The molecule has 2 aromatic carbocycles. The molecular weight excluding hydrogens is 372 g/mol. The summed E-state index contributed by atoms with van der Waals surface area (Å²) in [5, 5.41) is 5.35. The standard InChI is InChI=1S/C22H24N2O5/c1-4-5-20(26)24-19-10-6-16(7-11-19)21(27)14(2)29-22(28)17-8-12-18(13-9-17)23-15(3)25/h6-14H,4-5H2,1-3H3,(H,23,25)(H,24,26)/t14-/m0/s1. The van der Waals surface area contributed by atoms with Crippen LogP contribution in [0.15, 0.2) is 48.5 Å². The second-order valence-electron chi connectivity index (χ2n) is 6.55. The number of ketones is 1. The number of amides is 2. The predicted octanol–water partition coefficient (Wildman–Crippen LogP) is 3.81. The third kappa shape index (κ3) is 6.57. The van der Waals surface area contributed by atoms with E-state index in [-0.39, 0.29) is 23.2 Å². The first-order valence-corrected chi connectivity index (χ1v) is 9.33. The van der Waals surface area contributed by atoms with Crippen LogP contribution in [0.1, 0.15) is 54.3 Å². The number of carbonyl (C=O) groups is 4. The lowest BCUT2D eigenvalue weighted by Gasteiger charge is -2.13. The Balaban J connectivity index is 1.96. The van der Waals surface area contributed by atoms with Gasteiger partial charge in [-0.05, 0) is 61.9 Å². The maximum absolute atomic E-state index is 12.5. The van der Waals surface area contributed by atoms with E-state index in [2.05, 4.69) is 10.6 Å². The minimum atomic E-state index is -0.974. The van der Waals surface area contributed by atoms with Crippen LogP contribution in [0.4, 0.5) is 11.4 Å². The van der Waals surface area contributed by atoms with E-state index in [9.17, 15) is 19.2 Å². The Bertz CT molecular complexity index is 888. The minimum Gasteiger partial charge on any atom is -0.451 e. The summed E-state index contributed by atoms with van der Waals surface area (Å²) in [4.78, 5) is 47.4. The van der Waals surface area contributed by atoms with Gasteiger partial charge in [0, 0.05) is 30.3 Å². The van der Waals surface area contributed by atoms with Gasteiger partial charge in [-0.2, -0.15) is 0 Å². The molecule has 7 nitrogen and oxygen atoms in total. The largest absolute Gasteiger partial charge is 0.451 e. The maximum atomic E-state index is 12.5. The molecule has 0 saturated heterocycles. The van der Waals surface area contributed by atoms with Crippen LogP contribution in [-0.4, -0.2) is 29.7 Å². The van der Waals surface area contributed by atoms with Crippen molar-refractivity contribution in [3.8, 4) is 0 Å². The number of nitrogens with one attached hydrogen (secondary N) is 2. The number of anilines is 2. The van der Waals surface area contributed by atoms with E-state index < -0.39 is 12.1 Å². The Hall–Kier alpha value is -3.48. The number of Topliss-reactive ketones (excluding diaryl/α,β-unsaturated/α-hetero) is 1. The Labute approximate surface area is 169 Å². The highest BCUT2D eigenvalue weighted by atomic mass is 16.5. The van der Waals surface area contributed by atoms with Crippen LogP contribution in [0.3, 0.4) is 0 Å². The van der Waals surface area contributed by atoms with E-state index in [1.54, 1.807) is 36.4 Å². The smallest absolute Gasteiger partial charge is 0.338 e. The average Bonchev–Trinajstić information content (AvgIpc) is 2.68. The molecule has 2 aromatic rings. The van der Waals surface area contributed by atoms with E-state index in [0.29, 0.717) is 23.4 Å². The van der Waals surface area contributed by atoms with Crippen molar-refractivity contribution in [3.05, 3.63) is 59.7 Å². The van der Waals surface area contributed by atoms with Gasteiger partial charge < -0.3 is 15.4 Å². The molecule has 0 saturated carbocycles. The molecule has 2 rings (SSSR count). The highest BCUT2D eigenvalue weighted by Crippen LogP contribution is 2.15. The fourth-order valence-electron chi connectivity index (χ4n) is 2.58. The van der Waals surface area contributed by atoms with E-state index >= 15 is 0 Å². The predicted molar refractivity (Wildman–Crippen MR) is 110 cm³/mol. The fraction of sp³-hybridized carbons (Fsp3) is 0.273. The Morgan fingerprint density at radius 2 is 1.38 bits per heavy atom. The van der Waals surface area contributed by atoms with E-state index in [1.165, 1.54) is 26.0 Å². The monoisotopic (exact) mass is 396 g/mol. The fourth-order valence-corrected chi connectivity index (χ4v) is 2.58. The van der Waals surface area contributed by atoms with Gasteiger partial charge >= 0.3 is 5.97 Å².